The zero-order valence-corrected chi connectivity index (χ0v) is 18.2. The first-order valence-electron chi connectivity index (χ1n) is 9.84. The summed E-state index contributed by atoms with van der Waals surface area (Å²) in [5.74, 6) is -1.06. The molecule has 11 heteroatoms. The van der Waals surface area contributed by atoms with Gasteiger partial charge in [-0.05, 0) is 37.3 Å². The second kappa shape index (κ2) is 10.8. The Balaban J connectivity index is 1.72. The molecule has 33 heavy (non-hydrogen) atoms. The number of para-hydroxylation sites is 1. The SMILES string of the molecule is CCOC(=O)c1n[nH]nc1-c1ccc(OCC(=O)Nc2ccccc2C(=O)OC)c(OC)c1. The Morgan fingerprint density at radius 2 is 1.79 bits per heavy atom. The van der Waals surface area contributed by atoms with Gasteiger partial charge in [0.05, 0.1) is 32.1 Å². The number of H-pyrrole nitrogens is 1. The maximum atomic E-state index is 12.4. The summed E-state index contributed by atoms with van der Waals surface area (Å²) < 4.78 is 20.6. The summed E-state index contributed by atoms with van der Waals surface area (Å²) in [5.41, 5.74) is 1.39. The van der Waals surface area contributed by atoms with E-state index < -0.39 is 17.8 Å². The Kier molecular flexibility index (Phi) is 7.58. The average molecular weight is 454 g/mol. The van der Waals surface area contributed by atoms with E-state index in [1.165, 1.54) is 14.2 Å². The van der Waals surface area contributed by atoms with Crippen molar-refractivity contribution < 1.29 is 33.3 Å². The molecule has 1 amide bonds. The fraction of sp³-hybridized carbons (Fsp3) is 0.227. The van der Waals surface area contributed by atoms with Crippen LogP contribution in [0.3, 0.4) is 0 Å². The Labute approximate surface area is 189 Å². The van der Waals surface area contributed by atoms with E-state index >= 15 is 0 Å². The van der Waals surface area contributed by atoms with E-state index in [1.54, 1.807) is 49.4 Å². The number of carbonyl (C=O) groups excluding carboxylic acids is 3. The lowest BCUT2D eigenvalue weighted by molar-refractivity contribution is -0.118. The molecule has 0 aliphatic heterocycles. The number of nitrogens with one attached hydrogen (secondary N) is 2. The lowest BCUT2D eigenvalue weighted by atomic mass is 10.1. The third-order valence-electron chi connectivity index (χ3n) is 4.42. The first-order chi connectivity index (χ1) is 16.0. The first kappa shape index (κ1) is 23.3. The molecule has 1 aromatic heterocycles. The van der Waals surface area contributed by atoms with Crippen molar-refractivity contribution in [2.45, 2.75) is 6.92 Å². The smallest absolute Gasteiger partial charge is 0.361 e. The van der Waals surface area contributed by atoms with Gasteiger partial charge in [0.2, 0.25) is 0 Å². The number of aromatic nitrogens is 3. The lowest BCUT2D eigenvalue weighted by Gasteiger charge is -2.13. The minimum atomic E-state index is -0.607. The van der Waals surface area contributed by atoms with Crippen LogP contribution in [0.15, 0.2) is 42.5 Å². The first-order valence-corrected chi connectivity index (χ1v) is 9.84. The van der Waals surface area contributed by atoms with Gasteiger partial charge >= 0.3 is 11.9 Å². The van der Waals surface area contributed by atoms with Gasteiger partial charge in [0.15, 0.2) is 23.8 Å². The number of methoxy groups -OCH3 is 2. The van der Waals surface area contributed by atoms with Crippen molar-refractivity contribution in [1.29, 1.82) is 0 Å². The van der Waals surface area contributed by atoms with E-state index in [-0.39, 0.29) is 30.2 Å². The predicted molar refractivity (Wildman–Crippen MR) is 116 cm³/mol. The maximum absolute atomic E-state index is 12.4. The highest BCUT2D eigenvalue weighted by Crippen LogP contribution is 2.33. The number of carbonyl (C=O) groups is 3. The van der Waals surface area contributed by atoms with Crippen LogP contribution in [0, 0.1) is 0 Å². The molecule has 0 radical (unpaired) electrons. The summed E-state index contributed by atoms with van der Waals surface area (Å²) in [6.45, 7) is 1.55. The molecule has 0 saturated heterocycles. The normalized spacial score (nSPS) is 10.3. The number of amides is 1. The number of anilines is 1. The lowest BCUT2D eigenvalue weighted by Crippen LogP contribution is -2.22. The van der Waals surface area contributed by atoms with Gasteiger partial charge in [0.25, 0.3) is 5.91 Å². The Morgan fingerprint density at radius 3 is 2.52 bits per heavy atom. The molecule has 0 spiro atoms. The molecule has 0 bridgehead atoms. The largest absolute Gasteiger partial charge is 0.493 e. The van der Waals surface area contributed by atoms with Crippen molar-refractivity contribution in [3.63, 3.8) is 0 Å². The second-order valence-corrected chi connectivity index (χ2v) is 6.48. The molecule has 1 heterocycles. The van der Waals surface area contributed by atoms with Gasteiger partial charge in [-0.3, -0.25) is 4.79 Å². The van der Waals surface area contributed by atoms with Crippen molar-refractivity contribution in [3.8, 4) is 22.8 Å². The molecule has 3 rings (SSSR count). The van der Waals surface area contributed by atoms with Crippen LogP contribution in [0.2, 0.25) is 0 Å². The summed E-state index contributed by atoms with van der Waals surface area (Å²) in [6.07, 6.45) is 0. The van der Waals surface area contributed by atoms with Crippen LogP contribution in [-0.2, 0) is 14.3 Å². The highest BCUT2D eigenvalue weighted by atomic mass is 16.5. The van der Waals surface area contributed by atoms with Crippen LogP contribution in [0.4, 0.5) is 5.69 Å². The van der Waals surface area contributed by atoms with Crippen LogP contribution in [0.1, 0.15) is 27.8 Å². The summed E-state index contributed by atoms with van der Waals surface area (Å²) in [6, 6.07) is 11.3. The van der Waals surface area contributed by atoms with E-state index in [0.717, 1.165) is 0 Å². The van der Waals surface area contributed by atoms with Gasteiger partial charge in [0, 0.05) is 5.56 Å². The number of rotatable bonds is 9. The number of aromatic amines is 1. The van der Waals surface area contributed by atoms with Crippen LogP contribution >= 0.6 is 0 Å². The number of esters is 2. The molecule has 2 aromatic carbocycles. The molecule has 11 nitrogen and oxygen atoms in total. The molecule has 0 aliphatic rings. The molecule has 0 fully saturated rings. The van der Waals surface area contributed by atoms with Gasteiger partial charge in [-0.2, -0.15) is 10.3 Å². The molecule has 0 aliphatic carbocycles. The second-order valence-electron chi connectivity index (χ2n) is 6.48. The highest BCUT2D eigenvalue weighted by molar-refractivity contribution is 6.01. The van der Waals surface area contributed by atoms with E-state index in [2.05, 4.69) is 20.7 Å². The minimum Gasteiger partial charge on any atom is -0.493 e. The van der Waals surface area contributed by atoms with Crippen LogP contribution < -0.4 is 14.8 Å². The topological polar surface area (TPSA) is 142 Å². The molecule has 2 N–H and O–H groups in total. The Bertz CT molecular complexity index is 1160. The van der Waals surface area contributed by atoms with E-state index in [0.29, 0.717) is 22.7 Å². The van der Waals surface area contributed by atoms with Gasteiger partial charge < -0.3 is 24.3 Å². The van der Waals surface area contributed by atoms with Crippen molar-refractivity contribution in [2.75, 3.05) is 32.8 Å². The maximum Gasteiger partial charge on any atom is 0.361 e. The van der Waals surface area contributed by atoms with Crippen molar-refractivity contribution in [2.24, 2.45) is 0 Å². The van der Waals surface area contributed by atoms with Gasteiger partial charge in [0.1, 0.15) is 5.69 Å². The molecule has 172 valence electrons. The Morgan fingerprint density at radius 1 is 1.00 bits per heavy atom. The quantitative estimate of drug-likeness (QED) is 0.466. The van der Waals surface area contributed by atoms with Crippen LogP contribution in [0.25, 0.3) is 11.3 Å². The standard InChI is InChI=1S/C22H22N4O7/c1-4-32-22(29)20-19(24-26-25-20)13-9-10-16(17(11-13)30-2)33-12-18(27)23-15-8-6-5-7-14(15)21(28)31-3/h5-11H,4,12H2,1-3H3,(H,23,27)(H,24,25,26). The van der Waals surface area contributed by atoms with Gasteiger partial charge in [-0.1, -0.05) is 12.1 Å². The fourth-order valence-corrected chi connectivity index (χ4v) is 2.92. The number of nitrogens with zero attached hydrogens (tertiary/aromatic N) is 2. The molecular formula is C22H22N4O7. The van der Waals surface area contributed by atoms with Gasteiger partial charge in [-0.15, -0.1) is 5.10 Å². The summed E-state index contributed by atoms with van der Waals surface area (Å²) in [4.78, 5) is 36.3. The van der Waals surface area contributed by atoms with Gasteiger partial charge in [-0.25, -0.2) is 9.59 Å². The van der Waals surface area contributed by atoms with E-state index in [4.69, 9.17) is 18.9 Å². The minimum absolute atomic E-state index is 0.0382. The number of benzene rings is 2. The summed E-state index contributed by atoms with van der Waals surface area (Å²) in [7, 11) is 2.70. The molecule has 0 atom stereocenters. The van der Waals surface area contributed by atoms with Crippen LogP contribution in [0.5, 0.6) is 11.5 Å². The van der Waals surface area contributed by atoms with E-state index in [1.807, 2.05) is 0 Å². The number of hydrogen-bond acceptors (Lipinski definition) is 9. The third-order valence-corrected chi connectivity index (χ3v) is 4.42. The average Bonchev–Trinajstić information content (AvgIpc) is 3.33. The summed E-state index contributed by atoms with van der Waals surface area (Å²) >= 11 is 0. The zero-order valence-electron chi connectivity index (χ0n) is 18.2. The highest BCUT2D eigenvalue weighted by Gasteiger charge is 2.21. The van der Waals surface area contributed by atoms with Crippen molar-refractivity contribution >= 4 is 23.5 Å². The molecule has 0 unspecified atom stereocenters. The van der Waals surface area contributed by atoms with Crippen molar-refractivity contribution in [1.82, 2.24) is 15.4 Å². The third kappa shape index (κ3) is 5.45. The molecular weight excluding hydrogens is 432 g/mol. The monoisotopic (exact) mass is 454 g/mol. The fourth-order valence-electron chi connectivity index (χ4n) is 2.92. The molecule has 3 aromatic rings. The number of hydrogen-bond donors (Lipinski definition) is 2. The molecule has 0 saturated carbocycles. The zero-order chi connectivity index (χ0) is 23.8. The van der Waals surface area contributed by atoms with E-state index in [9.17, 15) is 14.4 Å². The number of ether oxygens (including phenoxy) is 4. The van der Waals surface area contributed by atoms with Crippen molar-refractivity contribution in [3.05, 3.63) is 53.7 Å². The van der Waals surface area contributed by atoms with Crippen LogP contribution in [-0.4, -0.2) is 60.7 Å². The predicted octanol–water partition coefficient (Wildman–Crippen LogP) is 2.46. The Hall–Kier alpha value is -4.41. The summed E-state index contributed by atoms with van der Waals surface area (Å²) in [5, 5.41) is 12.9.